The van der Waals surface area contributed by atoms with Crippen molar-refractivity contribution in [3.05, 3.63) is 69.7 Å². The zero-order valence-corrected chi connectivity index (χ0v) is 18.6. The van der Waals surface area contributed by atoms with E-state index in [1.54, 1.807) is 48.5 Å². The van der Waals surface area contributed by atoms with Crippen LogP contribution < -0.4 is 5.32 Å². The molecule has 1 amide bonds. The number of nitrogens with one attached hydrogen (secondary N) is 1. The number of halogens is 2. The molecule has 0 aliphatic carbocycles. The van der Waals surface area contributed by atoms with Gasteiger partial charge in [0.25, 0.3) is 5.91 Å². The first kappa shape index (κ1) is 23.2. The molecule has 0 bridgehead atoms. The largest absolute Gasteiger partial charge is 0.458 e. The molecule has 0 fully saturated rings. The molecule has 4 nitrogen and oxygen atoms in total. The molecule has 1 N–H and O–H groups in total. The summed E-state index contributed by atoms with van der Waals surface area (Å²) in [5.41, 5.74) is 0.990. The second kappa shape index (κ2) is 10.7. The van der Waals surface area contributed by atoms with Crippen LogP contribution in [0.4, 0.5) is 0 Å². The maximum absolute atomic E-state index is 12.6. The van der Waals surface area contributed by atoms with Crippen LogP contribution in [0, 0.1) is 17.8 Å². The monoisotopic (exact) mass is 435 g/mol. The van der Waals surface area contributed by atoms with Crippen LogP contribution in [0.3, 0.4) is 0 Å². The zero-order valence-electron chi connectivity index (χ0n) is 17.1. The Labute approximate surface area is 182 Å². The molecule has 0 saturated carbocycles. The summed E-state index contributed by atoms with van der Waals surface area (Å²) < 4.78 is 5.86. The highest BCUT2D eigenvalue weighted by atomic mass is 35.5. The minimum Gasteiger partial charge on any atom is -0.458 e. The normalized spacial score (nSPS) is 13.2. The van der Waals surface area contributed by atoms with E-state index in [0.29, 0.717) is 27.7 Å². The Morgan fingerprint density at radius 1 is 0.828 bits per heavy atom. The van der Waals surface area contributed by atoms with Crippen LogP contribution in [0.25, 0.3) is 0 Å². The zero-order chi connectivity index (χ0) is 21.6. The first-order valence-corrected chi connectivity index (χ1v) is 10.4. The Bertz CT molecular complexity index is 817. The van der Waals surface area contributed by atoms with E-state index in [1.807, 2.05) is 13.8 Å². The highest BCUT2D eigenvalue weighted by molar-refractivity contribution is 6.31. The van der Waals surface area contributed by atoms with Gasteiger partial charge < -0.3 is 10.1 Å². The number of ether oxygens (including phenoxy) is 1. The van der Waals surface area contributed by atoms with Crippen molar-refractivity contribution in [2.75, 3.05) is 6.54 Å². The average Bonchev–Trinajstić information content (AvgIpc) is 2.67. The summed E-state index contributed by atoms with van der Waals surface area (Å²) in [5.74, 6) is -0.326. The Morgan fingerprint density at radius 3 is 1.76 bits per heavy atom. The van der Waals surface area contributed by atoms with E-state index in [0.717, 1.165) is 0 Å². The molecule has 0 radical (unpaired) electrons. The van der Waals surface area contributed by atoms with Crippen LogP contribution in [-0.4, -0.2) is 24.5 Å². The molecule has 0 saturated heterocycles. The fraction of sp³-hybridized carbons (Fsp3) is 0.391. The van der Waals surface area contributed by atoms with Crippen LogP contribution >= 0.6 is 23.2 Å². The van der Waals surface area contributed by atoms with Gasteiger partial charge in [-0.1, -0.05) is 50.9 Å². The Kier molecular flexibility index (Phi) is 8.54. The van der Waals surface area contributed by atoms with Gasteiger partial charge in [-0.3, -0.25) is 4.79 Å². The SMILES string of the molecule is CC(C)C(CNC(=O)c1ccc(Cl)cc1)C(OC(=O)c1ccc(Cl)cc1)C(C)C. The molecule has 2 aromatic carbocycles. The lowest BCUT2D eigenvalue weighted by molar-refractivity contribution is -0.0110. The number of hydrogen-bond acceptors (Lipinski definition) is 3. The number of esters is 1. The molecule has 2 atom stereocenters. The highest BCUT2D eigenvalue weighted by Crippen LogP contribution is 2.25. The van der Waals surface area contributed by atoms with Gasteiger partial charge in [0.05, 0.1) is 5.56 Å². The maximum Gasteiger partial charge on any atom is 0.338 e. The van der Waals surface area contributed by atoms with Gasteiger partial charge in [-0.2, -0.15) is 0 Å². The van der Waals surface area contributed by atoms with E-state index in [1.165, 1.54) is 0 Å². The molecule has 0 aromatic heterocycles. The summed E-state index contributed by atoms with van der Waals surface area (Å²) in [4.78, 5) is 25.1. The maximum atomic E-state index is 12.6. The predicted molar refractivity (Wildman–Crippen MR) is 118 cm³/mol. The molecule has 29 heavy (non-hydrogen) atoms. The number of rotatable bonds is 8. The number of benzene rings is 2. The second-order valence-electron chi connectivity index (χ2n) is 7.75. The lowest BCUT2D eigenvalue weighted by Crippen LogP contribution is -2.42. The molecular weight excluding hydrogens is 409 g/mol. The molecule has 0 aliphatic rings. The Hall–Kier alpha value is -2.04. The minimum atomic E-state index is -0.393. The summed E-state index contributed by atoms with van der Waals surface area (Å²) in [6.07, 6.45) is -0.344. The summed E-state index contributed by atoms with van der Waals surface area (Å²) in [5, 5.41) is 4.11. The van der Waals surface area contributed by atoms with Crippen molar-refractivity contribution >= 4 is 35.1 Å². The molecule has 2 unspecified atom stereocenters. The van der Waals surface area contributed by atoms with Crippen molar-refractivity contribution in [1.82, 2.24) is 5.32 Å². The van der Waals surface area contributed by atoms with E-state index in [4.69, 9.17) is 27.9 Å². The standard InChI is InChI=1S/C23H27Cl2NO3/c1-14(2)20(13-26-22(27)16-5-9-18(24)10-6-16)21(15(3)4)29-23(28)17-7-11-19(25)12-8-17/h5-12,14-15,20-21H,13H2,1-4H3,(H,26,27). The smallest absolute Gasteiger partial charge is 0.338 e. The van der Waals surface area contributed by atoms with Gasteiger partial charge in [-0.15, -0.1) is 0 Å². The summed E-state index contributed by atoms with van der Waals surface area (Å²) in [7, 11) is 0. The predicted octanol–water partition coefficient (Wildman–Crippen LogP) is 5.88. The lowest BCUT2D eigenvalue weighted by Gasteiger charge is -2.33. The first-order valence-electron chi connectivity index (χ1n) is 9.69. The van der Waals surface area contributed by atoms with Gasteiger partial charge in [0, 0.05) is 28.1 Å². The van der Waals surface area contributed by atoms with E-state index in [2.05, 4.69) is 19.2 Å². The number of hydrogen-bond donors (Lipinski definition) is 1. The third-order valence-electron chi connectivity index (χ3n) is 4.86. The quantitative estimate of drug-likeness (QED) is 0.526. The first-order chi connectivity index (χ1) is 13.7. The molecular formula is C23H27Cl2NO3. The van der Waals surface area contributed by atoms with Gasteiger partial charge in [0.15, 0.2) is 0 Å². The molecule has 0 spiro atoms. The minimum absolute atomic E-state index is 0.0394. The van der Waals surface area contributed by atoms with E-state index >= 15 is 0 Å². The number of amides is 1. The summed E-state index contributed by atoms with van der Waals surface area (Å²) in [6, 6.07) is 13.3. The van der Waals surface area contributed by atoms with Crippen LogP contribution in [0.2, 0.25) is 10.0 Å². The van der Waals surface area contributed by atoms with Crippen molar-refractivity contribution in [2.45, 2.75) is 33.8 Å². The average molecular weight is 436 g/mol. The number of carbonyl (C=O) groups is 2. The molecule has 6 heteroatoms. The molecule has 2 rings (SSSR count). The molecule has 2 aromatic rings. The van der Waals surface area contributed by atoms with E-state index < -0.39 is 5.97 Å². The highest BCUT2D eigenvalue weighted by Gasteiger charge is 2.31. The summed E-state index contributed by atoms with van der Waals surface area (Å²) >= 11 is 11.8. The van der Waals surface area contributed by atoms with Gasteiger partial charge in [0.2, 0.25) is 0 Å². The fourth-order valence-electron chi connectivity index (χ4n) is 3.14. The van der Waals surface area contributed by atoms with Gasteiger partial charge in [0.1, 0.15) is 6.10 Å². The van der Waals surface area contributed by atoms with Crippen LogP contribution in [0.5, 0.6) is 0 Å². The topological polar surface area (TPSA) is 55.4 Å². The van der Waals surface area contributed by atoms with Gasteiger partial charge in [-0.05, 0) is 60.4 Å². The third-order valence-corrected chi connectivity index (χ3v) is 5.37. The second-order valence-corrected chi connectivity index (χ2v) is 8.62. The van der Waals surface area contributed by atoms with Crippen LogP contribution in [0.1, 0.15) is 48.4 Å². The fourth-order valence-corrected chi connectivity index (χ4v) is 3.39. The third kappa shape index (κ3) is 6.76. The Balaban J connectivity index is 2.09. The van der Waals surface area contributed by atoms with Crippen molar-refractivity contribution in [3.63, 3.8) is 0 Å². The van der Waals surface area contributed by atoms with Crippen molar-refractivity contribution in [1.29, 1.82) is 0 Å². The molecule has 0 aliphatic heterocycles. The van der Waals surface area contributed by atoms with E-state index in [-0.39, 0.29) is 29.8 Å². The Morgan fingerprint density at radius 2 is 1.31 bits per heavy atom. The van der Waals surface area contributed by atoms with Crippen molar-refractivity contribution in [2.24, 2.45) is 17.8 Å². The summed E-state index contributed by atoms with van der Waals surface area (Å²) in [6.45, 7) is 8.54. The van der Waals surface area contributed by atoms with Crippen LogP contribution in [0.15, 0.2) is 48.5 Å². The molecule has 0 heterocycles. The molecule has 156 valence electrons. The van der Waals surface area contributed by atoms with E-state index in [9.17, 15) is 9.59 Å². The van der Waals surface area contributed by atoms with Crippen LogP contribution in [-0.2, 0) is 4.74 Å². The number of carbonyl (C=O) groups excluding carboxylic acids is 2. The van der Waals surface area contributed by atoms with Crippen molar-refractivity contribution < 1.29 is 14.3 Å². The lowest BCUT2D eigenvalue weighted by atomic mass is 9.84. The van der Waals surface area contributed by atoms with Crippen molar-refractivity contribution in [3.8, 4) is 0 Å². The van der Waals surface area contributed by atoms with Gasteiger partial charge in [-0.25, -0.2) is 4.79 Å². The van der Waals surface area contributed by atoms with Gasteiger partial charge >= 0.3 is 5.97 Å².